The van der Waals surface area contributed by atoms with Crippen LogP contribution in [-0.4, -0.2) is 11.9 Å². The van der Waals surface area contributed by atoms with E-state index < -0.39 is 0 Å². The van der Waals surface area contributed by atoms with Gasteiger partial charge in [-0.1, -0.05) is 18.2 Å². The molecule has 0 heterocycles. The highest BCUT2D eigenvalue weighted by Gasteiger charge is 2.20. The maximum absolute atomic E-state index is 11.1. The van der Waals surface area contributed by atoms with Crippen LogP contribution in [-0.2, 0) is 6.54 Å². The largest absolute Gasteiger partial charge is 0.366 e. The first-order valence-corrected chi connectivity index (χ1v) is 4.88. The molecule has 0 bridgehead atoms. The van der Waals surface area contributed by atoms with Crippen molar-refractivity contribution in [3.05, 3.63) is 35.4 Å². The summed E-state index contributed by atoms with van der Waals surface area (Å²) in [5.41, 5.74) is 6.89. The lowest BCUT2D eigenvalue weighted by Gasteiger charge is -2.06. The number of hydrogen-bond acceptors (Lipinski definition) is 2. The molecule has 0 spiro atoms. The predicted molar refractivity (Wildman–Crippen MR) is 54.8 cm³/mol. The van der Waals surface area contributed by atoms with Crippen molar-refractivity contribution in [3.8, 4) is 0 Å². The van der Waals surface area contributed by atoms with Crippen molar-refractivity contribution in [2.75, 3.05) is 0 Å². The minimum Gasteiger partial charge on any atom is -0.366 e. The van der Waals surface area contributed by atoms with Gasteiger partial charge in [0.05, 0.1) is 0 Å². The monoisotopic (exact) mass is 190 g/mol. The number of carbonyl (C=O) groups excluding carboxylic acids is 1. The summed E-state index contributed by atoms with van der Waals surface area (Å²) in [6, 6.07) is 8.12. The summed E-state index contributed by atoms with van der Waals surface area (Å²) in [6.07, 6.45) is 2.50. The number of benzene rings is 1. The number of hydrogen-bond donors (Lipinski definition) is 2. The van der Waals surface area contributed by atoms with Crippen molar-refractivity contribution in [1.29, 1.82) is 0 Å². The van der Waals surface area contributed by atoms with Gasteiger partial charge in [-0.15, -0.1) is 0 Å². The van der Waals surface area contributed by atoms with Crippen LogP contribution in [0.5, 0.6) is 0 Å². The second kappa shape index (κ2) is 3.80. The molecule has 0 saturated heterocycles. The molecule has 3 heteroatoms. The van der Waals surface area contributed by atoms with Crippen LogP contribution in [0.4, 0.5) is 0 Å². The van der Waals surface area contributed by atoms with Crippen LogP contribution >= 0.6 is 0 Å². The Morgan fingerprint density at radius 3 is 2.79 bits per heavy atom. The van der Waals surface area contributed by atoms with E-state index in [1.807, 2.05) is 18.2 Å². The maximum atomic E-state index is 11.1. The fraction of sp³-hybridized carbons (Fsp3) is 0.364. The van der Waals surface area contributed by atoms with Crippen molar-refractivity contribution >= 4 is 5.91 Å². The van der Waals surface area contributed by atoms with E-state index >= 15 is 0 Å². The van der Waals surface area contributed by atoms with E-state index in [1.165, 1.54) is 12.8 Å². The van der Waals surface area contributed by atoms with E-state index in [4.69, 9.17) is 5.73 Å². The van der Waals surface area contributed by atoms with Gasteiger partial charge in [0.2, 0.25) is 5.91 Å². The van der Waals surface area contributed by atoms with Gasteiger partial charge >= 0.3 is 0 Å². The molecule has 0 atom stereocenters. The molecule has 14 heavy (non-hydrogen) atoms. The summed E-state index contributed by atoms with van der Waals surface area (Å²) in [5.74, 6) is -0.349. The van der Waals surface area contributed by atoms with Crippen molar-refractivity contribution < 1.29 is 4.79 Å². The van der Waals surface area contributed by atoms with Gasteiger partial charge in [-0.05, 0) is 24.5 Å². The third-order valence-electron chi connectivity index (χ3n) is 2.44. The summed E-state index contributed by atoms with van der Waals surface area (Å²) < 4.78 is 0. The summed E-state index contributed by atoms with van der Waals surface area (Å²) in [4.78, 5) is 11.1. The van der Waals surface area contributed by atoms with E-state index in [0.29, 0.717) is 11.6 Å². The van der Waals surface area contributed by atoms with Gasteiger partial charge in [0.15, 0.2) is 0 Å². The first-order valence-electron chi connectivity index (χ1n) is 4.88. The highest BCUT2D eigenvalue weighted by Crippen LogP contribution is 2.19. The van der Waals surface area contributed by atoms with Gasteiger partial charge in [-0.3, -0.25) is 4.79 Å². The minimum atomic E-state index is -0.349. The van der Waals surface area contributed by atoms with E-state index in [2.05, 4.69) is 5.32 Å². The van der Waals surface area contributed by atoms with Crippen molar-refractivity contribution in [1.82, 2.24) is 5.32 Å². The average Bonchev–Trinajstić information content (AvgIpc) is 2.98. The number of rotatable bonds is 4. The Labute approximate surface area is 83.3 Å². The van der Waals surface area contributed by atoms with Crippen molar-refractivity contribution in [2.24, 2.45) is 5.73 Å². The topological polar surface area (TPSA) is 55.1 Å². The molecule has 0 aliphatic heterocycles. The quantitative estimate of drug-likeness (QED) is 0.745. The standard InChI is InChI=1S/C11H14N2O/c12-11(14)10-4-2-1-3-8(10)7-13-9-5-6-9/h1-4,9,13H,5-7H2,(H2,12,14). The third-order valence-corrected chi connectivity index (χ3v) is 2.44. The molecule has 3 nitrogen and oxygen atoms in total. The lowest BCUT2D eigenvalue weighted by molar-refractivity contribution is 0.0999. The molecule has 1 aromatic carbocycles. The number of nitrogens with two attached hydrogens (primary N) is 1. The van der Waals surface area contributed by atoms with Gasteiger partial charge < -0.3 is 11.1 Å². The van der Waals surface area contributed by atoms with Gasteiger partial charge in [-0.2, -0.15) is 0 Å². The summed E-state index contributed by atoms with van der Waals surface area (Å²) in [7, 11) is 0. The average molecular weight is 190 g/mol. The SMILES string of the molecule is NC(=O)c1ccccc1CNC1CC1. The lowest BCUT2D eigenvalue weighted by Crippen LogP contribution is -2.20. The Balaban J connectivity index is 2.09. The first-order chi connectivity index (χ1) is 6.77. The second-order valence-electron chi connectivity index (χ2n) is 3.68. The van der Waals surface area contributed by atoms with Crippen LogP contribution in [0.2, 0.25) is 0 Å². The van der Waals surface area contributed by atoms with E-state index in [0.717, 1.165) is 12.1 Å². The number of primary amides is 1. The van der Waals surface area contributed by atoms with Crippen LogP contribution in [0.1, 0.15) is 28.8 Å². The molecule has 2 rings (SSSR count). The molecule has 1 saturated carbocycles. The highest BCUT2D eigenvalue weighted by molar-refractivity contribution is 5.94. The van der Waals surface area contributed by atoms with Crippen molar-refractivity contribution in [3.63, 3.8) is 0 Å². The van der Waals surface area contributed by atoms with Gasteiger partial charge in [0.25, 0.3) is 0 Å². The van der Waals surface area contributed by atoms with Crippen LogP contribution in [0, 0.1) is 0 Å². The first kappa shape index (κ1) is 9.21. The molecule has 1 aliphatic rings. The Morgan fingerprint density at radius 2 is 2.14 bits per heavy atom. The smallest absolute Gasteiger partial charge is 0.249 e. The normalized spacial score (nSPS) is 15.4. The molecular formula is C11H14N2O. The summed E-state index contributed by atoms with van der Waals surface area (Å²) >= 11 is 0. The Hall–Kier alpha value is -1.35. The molecule has 0 unspecified atom stereocenters. The van der Waals surface area contributed by atoms with Crippen LogP contribution in [0.3, 0.4) is 0 Å². The summed E-state index contributed by atoms with van der Waals surface area (Å²) in [6.45, 7) is 0.740. The molecule has 0 radical (unpaired) electrons. The third kappa shape index (κ3) is 2.12. The van der Waals surface area contributed by atoms with E-state index in [9.17, 15) is 4.79 Å². The Morgan fingerprint density at radius 1 is 1.43 bits per heavy atom. The molecule has 1 fully saturated rings. The van der Waals surface area contributed by atoms with Gasteiger partial charge in [-0.25, -0.2) is 0 Å². The van der Waals surface area contributed by atoms with Crippen LogP contribution in [0.15, 0.2) is 24.3 Å². The number of carbonyl (C=O) groups is 1. The van der Waals surface area contributed by atoms with E-state index in [1.54, 1.807) is 6.07 Å². The van der Waals surface area contributed by atoms with Gasteiger partial charge in [0, 0.05) is 18.2 Å². The van der Waals surface area contributed by atoms with Crippen molar-refractivity contribution in [2.45, 2.75) is 25.4 Å². The zero-order valence-corrected chi connectivity index (χ0v) is 7.99. The Kier molecular flexibility index (Phi) is 2.50. The molecule has 74 valence electrons. The molecule has 3 N–H and O–H groups in total. The maximum Gasteiger partial charge on any atom is 0.249 e. The number of nitrogens with one attached hydrogen (secondary N) is 1. The minimum absolute atomic E-state index is 0.349. The van der Waals surface area contributed by atoms with E-state index in [-0.39, 0.29) is 5.91 Å². The molecule has 0 aromatic heterocycles. The predicted octanol–water partition coefficient (Wildman–Crippen LogP) is 1.04. The van der Waals surface area contributed by atoms with Crippen LogP contribution < -0.4 is 11.1 Å². The molecule has 1 aliphatic carbocycles. The zero-order valence-electron chi connectivity index (χ0n) is 7.99. The molecule has 1 amide bonds. The zero-order chi connectivity index (χ0) is 9.97. The van der Waals surface area contributed by atoms with Crippen LogP contribution in [0.25, 0.3) is 0 Å². The Bertz CT molecular complexity index is 345. The second-order valence-corrected chi connectivity index (χ2v) is 3.68. The fourth-order valence-electron chi connectivity index (χ4n) is 1.46. The summed E-state index contributed by atoms with van der Waals surface area (Å²) in [5, 5.41) is 3.36. The highest BCUT2D eigenvalue weighted by atomic mass is 16.1. The molecule has 1 aromatic rings. The van der Waals surface area contributed by atoms with Gasteiger partial charge in [0.1, 0.15) is 0 Å². The molecular weight excluding hydrogens is 176 g/mol. The fourth-order valence-corrected chi connectivity index (χ4v) is 1.46. The number of amides is 1. The lowest BCUT2D eigenvalue weighted by atomic mass is 10.1.